The van der Waals surface area contributed by atoms with Crippen molar-refractivity contribution in [3.63, 3.8) is 0 Å². The zero-order valence-electron chi connectivity index (χ0n) is 16.5. The van der Waals surface area contributed by atoms with Gasteiger partial charge in [-0.05, 0) is 80.0 Å². The molecule has 9 atom stereocenters. The predicted octanol–water partition coefficient (Wildman–Crippen LogP) is 2.83. The fourth-order valence-corrected chi connectivity index (χ4v) is 7.88. The minimum atomic E-state index is -0.131. The van der Waals surface area contributed by atoms with E-state index in [0.717, 1.165) is 35.5 Å². The van der Waals surface area contributed by atoms with Gasteiger partial charge in [-0.2, -0.15) is 0 Å². The molecule has 0 bridgehead atoms. The Kier molecular flexibility index (Phi) is 5.03. The predicted molar refractivity (Wildman–Crippen MR) is 101 cm³/mol. The molecule has 1 heterocycles. The maximum Gasteiger partial charge on any atom is 0.167 e. The van der Waals surface area contributed by atoms with Crippen molar-refractivity contribution in [2.45, 2.75) is 76.7 Å². The standard InChI is InChI=1S/C21H37N3O2/c1-25-20-22-19(23-21(24-20)26-2)16-11-9-14-7-6-12-4-3-5-13-8-10-15(16)18(14)17(12)13/h12-24H,3-11H2,1-2H3. The monoisotopic (exact) mass is 363 g/mol. The van der Waals surface area contributed by atoms with Crippen molar-refractivity contribution in [3.8, 4) is 0 Å². The summed E-state index contributed by atoms with van der Waals surface area (Å²) in [6.07, 6.45) is 13.3. The largest absolute Gasteiger partial charge is 0.353 e. The highest BCUT2D eigenvalue weighted by atomic mass is 16.5. The molecule has 3 N–H and O–H groups in total. The van der Waals surface area contributed by atoms with E-state index in [1.807, 2.05) is 0 Å². The van der Waals surface area contributed by atoms with Crippen molar-refractivity contribution >= 4 is 0 Å². The first kappa shape index (κ1) is 17.9. The molecule has 0 aromatic carbocycles. The van der Waals surface area contributed by atoms with Crippen LogP contribution in [0, 0.1) is 41.4 Å². The molecule has 5 heteroatoms. The number of nitrogens with one attached hydrogen (secondary N) is 3. The van der Waals surface area contributed by atoms with Crippen LogP contribution in [-0.2, 0) is 9.47 Å². The van der Waals surface area contributed by atoms with E-state index in [9.17, 15) is 0 Å². The molecule has 5 fully saturated rings. The third-order valence-corrected chi connectivity index (χ3v) is 8.79. The van der Waals surface area contributed by atoms with Crippen molar-refractivity contribution in [1.29, 1.82) is 0 Å². The van der Waals surface area contributed by atoms with Gasteiger partial charge in [0.15, 0.2) is 12.7 Å². The van der Waals surface area contributed by atoms with E-state index in [-0.39, 0.29) is 18.9 Å². The number of ether oxygens (including phenoxy) is 2. The molecule has 5 aliphatic rings. The molecule has 9 unspecified atom stereocenters. The third kappa shape index (κ3) is 2.95. The number of rotatable bonds is 3. The molecule has 1 saturated heterocycles. The Bertz CT molecular complexity index is 486. The Morgan fingerprint density at radius 3 is 1.73 bits per heavy atom. The van der Waals surface area contributed by atoms with Crippen LogP contribution in [-0.4, -0.2) is 33.1 Å². The lowest BCUT2D eigenvalue weighted by molar-refractivity contribution is -0.133. The maximum absolute atomic E-state index is 5.57. The van der Waals surface area contributed by atoms with Crippen molar-refractivity contribution in [3.05, 3.63) is 0 Å². The van der Waals surface area contributed by atoms with Crippen LogP contribution in [0.1, 0.15) is 57.8 Å². The molecule has 0 aromatic heterocycles. The Labute approximate surface area is 158 Å². The molecule has 5 rings (SSSR count). The normalized spacial score (nSPS) is 53.8. The first-order valence-corrected chi connectivity index (χ1v) is 11.1. The van der Waals surface area contributed by atoms with Crippen LogP contribution >= 0.6 is 0 Å². The third-order valence-electron chi connectivity index (χ3n) is 8.79. The lowest BCUT2D eigenvalue weighted by Crippen LogP contribution is -2.71. The second-order valence-corrected chi connectivity index (χ2v) is 9.63. The fourth-order valence-electron chi connectivity index (χ4n) is 7.88. The zero-order valence-corrected chi connectivity index (χ0v) is 16.5. The van der Waals surface area contributed by atoms with Crippen molar-refractivity contribution < 1.29 is 9.47 Å². The summed E-state index contributed by atoms with van der Waals surface area (Å²) in [5.74, 6) is 6.72. The van der Waals surface area contributed by atoms with Gasteiger partial charge in [0.2, 0.25) is 0 Å². The number of methoxy groups -OCH3 is 2. The summed E-state index contributed by atoms with van der Waals surface area (Å²) in [5, 5.41) is 10.6. The SMILES string of the molecule is COC1NC(OC)NC(C2CCC3CCC4CCCC5CCC2C3C45)N1. The van der Waals surface area contributed by atoms with E-state index < -0.39 is 0 Å². The van der Waals surface area contributed by atoms with Crippen LogP contribution in [0.2, 0.25) is 0 Å². The van der Waals surface area contributed by atoms with Gasteiger partial charge < -0.3 is 9.47 Å². The molecule has 0 amide bonds. The molecular formula is C21H37N3O2. The second kappa shape index (κ2) is 7.32. The van der Waals surface area contributed by atoms with Gasteiger partial charge in [0.1, 0.15) is 0 Å². The molecule has 26 heavy (non-hydrogen) atoms. The highest BCUT2D eigenvalue weighted by molar-refractivity contribution is 5.04. The summed E-state index contributed by atoms with van der Waals surface area (Å²) in [6, 6.07) is 0. The summed E-state index contributed by atoms with van der Waals surface area (Å²) in [7, 11) is 3.52. The van der Waals surface area contributed by atoms with Gasteiger partial charge in [-0.3, -0.25) is 10.6 Å². The summed E-state index contributed by atoms with van der Waals surface area (Å²) in [5.41, 5.74) is 0. The van der Waals surface area contributed by atoms with Crippen LogP contribution in [0.15, 0.2) is 0 Å². The van der Waals surface area contributed by atoms with Crippen molar-refractivity contribution in [1.82, 2.24) is 16.0 Å². The lowest BCUT2D eigenvalue weighted by atomic mass is 9.46. The lowest BCUT2D eigenvalue weighted by Gasteiger charge is -2.60. The highest BCUT2D eigenvalue weighted by Crippen LogP contribution is 2.61. The Morgan fingerprint density at radius 2 is 1.12 bits per heavy atom. The van der Waals surface area contributed by atoms with E-state index in [1.165, 1.54) is 57.8 Å². The Morgan fingerprint density at radius 1 is 0.577 bits per heavy atom. The van der Waals surface area contributed by atoms with Crippen LogP contribution in [0.3, 0.4) is 0 Å². The van der Waals surface area contributed by atoms with E-state index in [0.29, 0.717) is 5.92 Å². The topological polar surface area (TPSA) is 54.5 Å². The Balaban J connectivity index is 1.38. The summed E-state index contributed by atoms with van der Waals surface area (Å²) < 4.78 is 11.1. The molecule has 4 aliphatic carbocycles. The molecule has 0 aromatic rings. The number of hydrogen-bond acceptors (Lipinski definition) is 5. The molecule has 1 aliphatic heterocycles. The van der Waals surface area contributed by atoms with Gasteiger partial charge in [0.05, 0.1) is 6.17 Å². The van der Waals surface area contributed by atoms with Crippen LogP contribution < -0.4 is 16.0 Å². The quantitative estimate of drug-likeness (QED) is 0.720. The van der Waals surface area contributed by atoms with Crippen molar-refractivity contribution in [2.75, 3.05) is 14.2 Å². The van der Waals surface area contributed by atoms with E-state index >= 15 is 0 Å². The average Bonchev–Trinajstić information content (AvgIpc) is 2.71. The number of hydrogen-bond donors (Lipinski definition) is 3. The van der Waals surface area contributed by atoms with E-state index in [2.05, 4.69) is 16.0 Å². The van der Waals surface area contributed by atoms with Gasteiger partial charge in [-0.25, -0.2) is 5.32 Å². The molecular weight excluding hydrogens is 326 g/mol. The molecule has 0 spiro atoms. The zero-order chi connectivity index (χ0) is 17.7. The van der Waals surface area contributed by atoms with Gasteiger partial charge in [-0.15, -0.1) is 0 Å². The average molecular weight is 364 g/mol. The van der Waals surface area contributed by atoms with Gasteiger partial charge in [0, 0.05) is 14.2 Å². The van der Waals surface area contributed by atoms with Gasteiger partial charge in [-0.1, -0.05) is 19.3 Å². The van der Waals surface area contributed by atoms with E-state index in [1.54, 1.807) is 14.2 Å². The molecule has 0 radical (unpaired) electrons. The van der Waals surface area contributed by atoms with Crippen LogP contribution in [0.25, 0.3) is 0 Å². The first-order chi connectivity index (χ1) is 12.8. The van der Waals surface area contributed by atoms with E-state index in [4.69, 9.17) is 9.47 Å². The second-order valence-electron chi connectivity index (χ2n) is 9.63. The smallest absolute Gasteiger partial charge is 0.167 e. The Hall–Kier alpha value is -0.200. The van der Waals surface area contributed by atoms with Crippen LogP contribution in [0.5, 0.6) is 0 Å². The van der Waals surface area contributed by atoms with Gasteiger partial charge in [0.25, 0.3) is 0 Å². The minimum Gasteiger partial charge on any atom is -0.353 e. The van der Waals surface area contributed by atoms with Crippen molar-refractivity contribution in [2.24, 2.45) is 41.4 Å². The summed E-state index contributed by atoms with van der Waals surface area (Å²) >= 11 is 0. The molecule has 148 valence electrons. The summed E-state index contributed by atoms with van der Waals surface area (Å²) in [6.45, 7) is 0. The maximum atomic E-state index is 5.57. The molecule has 4 saturated carbocycles. The minimum absolute atomic E-state index is 0.131. The fraction of sp³-hybridized carbons (Fsp3) is 1.00. The van der Waals surface area contributed by atoms with Gasteiger partial charge >= 0.3 is 0 Å². The summed E-state index contributed by atoms with van der Waals surface area (Å²) in [4.78, 5) is 0. The molecule has 5 nitrogen and oxygen atoms in total. The first-order valence-electron chi connectivity index (χ1n) is 11.1. The van der Waals surface area contributed by atoms with Crippen LogP contribution in [0.4, 0.5) is 0 Å². The highest BCUT2D eigenvalue weighted by Gasteiger charge is 2.54.